The zero-order chi connectivity index (χ0) is 12.1. The highest BCUT2D eigenvalue weighted by molar-refractivity contribution is 7.17. The number of thiophene rings is 1. The molecule has 0 fully saturated rings. The maximum absolute atomic E-state index is 10.2. The summed E-state index contributed by atoms with van der Waals surface area (Å²) in [6.45, 7) is 2.21. The van der Waals surface area contributed by atoms with Crippen LogP contribution in [0.5, 0.6) is 0 Å². The van der Waals surface area contributed by atoms with Crippen LogP contribution in [0.25, 0.3) is 10.1 Å². The molecule has 0 saturated carbocycles. The fourth-order valence-electron chi connectivity index (χ4n) is 2.18. The Morgan fingerprint density at radius 3 is 2.82 bits per heavy atom. The van der Waals surface area contributed by atoms with Crippen LogP contribution < -0.4 is 0 Å². The Bertz CT molecular complexity index is 461. The second-order valence-corrected chi connectivity index (χ2v) is 5.46. The molecule has 2 rings (SSSR count). The van der Waals surface area contributed by atoms with E-state index in [1.807, 2.05) is 6.07 Å². The van der Waals surface area contributed by atoms with Gasteiger partial charge in [0.15, 0.2) is 0 Å². The molecule has 92 valence electrons. The van der Waals surface area contributed by atoms with Crippen LogP contribution >= 0.6 is 11.3 Å². The lowest BCUT2D eigenvalue weighted by Crippen LogP contribution is -1.96. The molecule has 1 aromatic heterocycles. The van der Waals surface area contributed by atoms with E-state index in [2.05, 4.69) is 30.5 Å². The topological polar surface area (TPSA) is 20.2 Å². The van der Waals surface area contributed by atoms with Gasteiger partial charge in [0, 0.05) is 4.70 Å². The van der Waals surface area contributed by atoms with E-state index in [4.69, 9.17) is 0 Å². The third-order valence-electron chi connectivity index (χ3n) is 3.20. The molecule has 0 amide bonds. The van der Waals surface area contributed by atoms with Gasteiger partial charge in [0.2, 0.25) is 0 Å². The summed E-state index contributed by atoms with van der Waals surface area (Å²) in [5.41, 5.74) is 1.11. The van der Waals surface area contributed by atoms with Gasteiger partial charge >= 0.3 is 0 Å². The zero-order valence-electron chi connectivity index (χ0n) is 10.4. The van der Waals surface area contributed by atoms with Crippen LogP contribution in [-0.4, -0.2) is 5.11 Å². The van der Waals surface area contributed by atoms with Crippen molar-refractivity contribution >= 4 is 21.4 Å². The molecule has 1 N–H and O–H groups in total. The lowest BCUT2D eigenvalue weighted by atomic mass is 10.0. The zero-order valence-corrected chi connectivity index (χ0v) is 11.2. The fraction of sp³-hybridized carbons (Fsp3) is 0.467. The molecule has 0 bridgehead atoms. The lowest BCUT2D eigenvalue weighted by Gasteiger charge is -2.09. The highest BCUT2D eigenvalue weighted by atomic mass is 32.1. The van der Waals surface area contributed by atoms with Crippen molar-refractivity contribution in [3.05, 3.63) is 35.2 Å². The molecular formula is C15H20OS. The van der Waals surface area contributed by atoms with Crippen LogP contribution in [-0.2, 0) is 0 Å². The molecule has 2 heteroatoms. The summed E-state index contributed by atoms with van der Waals surface area (Å²) in [7, 11) is 0. The molecule has 17 heavy (non-hydrogen) atoms. The number of hydrogen-bond acceptors (Lipinski definition) is 2. The number of unbranched alkanes of at least 4 members (excludes halogenated alkanes) is 3. The molecule has 1 nitrogen and oxygen atoms in total. The first-order valence-corrected chi connectivity index (χ1v) is 7.35. The Kier molecular flexibility index (Phi) is 4.57. The minimum Gasteiger partial charge on any atom is -0.388 e. The third kappa shape index (κ3) is 3.08. The van der Waals surface area contributed by atoms with Gasteiger partial charge in [0.1, 0.15) is 0 Å². The van der Waals surface area contributed by atoms with Crippen molar-refractivity contribution in [2.45, 2.75) is 45.1 Å². The number of rotatable bonds is 6. The number of fused-ring (bicyclic) bond motifs is 1. The predicted octanol–water partition coefficient (Wildman–Crippen LogP) is 4.91. The van der Waals surface area contributed by atoms with Crippen molar-refractivity contribution in [1.82, 2.24) is 0 Å². The predicted molar refractivity (Wildman–Crippen MR) is 75.5 cm³/mol. The second-order valence-electron chi connectivity index (χ2n) is 4.55. The Labute approximate surface area is 107 Å². The molecular weight excluding hydrogens is 228 g/mol. The molecule has 0 aliphatic rings. The molecule has 2 aromatic rings. The van der Waals surface area contributed by atoms with Gasteiger partial charge in [0.05, 0.1) is 6.10 Å². The second kappa shape index (κ2) is 6.18. The van der Waals surface area contributed by atoms with Crippen LogP contribution in [0.2, 0.25) is 0 Å². The standard InChI is InChI=1S/C15H20OS/c1-2-3-4-5-9-14(16)13-11-17-15-10-7-6-8-12(13)15/h6-8,10-11,14,16H,2-5,9H2,1H3. The fourth-order valence-corrected chi connectivity index (χ4v) is 3.18. The van der Waals surface area contributed by atoms with Crippen LogP contribution in [0.3, 0.4) is 0 Å². The molecule has 0 radical (unpaired) electrons. The van der Waals surface area contributed by atoms with Gasteiger partial charge in [-0.2, -0.15) is 0 Å². The number of benzene rings is 1. The minimum atomic E-state index is -0.289. The van der Waals surface area contributed by atoms with Crippen LogP contribution in [0.1, 0.15) is 50.7 Å². The lowest BCUT2D eigenvalue weighted by molar-refractivity contribution is 0.165. The van der Waals surface area contributed by atoms with Gasteiger partial charge in [-0.15, -0.1) is 11.3 Å². The van der Waals surface area contributed by atoms with E-state index in [9.17, 15) is 5.11 Å². The summed E-state index contributed by atoms with van der Waals surface area (Å²) in [4.78, 5) is 0. The van der Waals surface area contributed by atoms with E-state index in [-0.39, 0.29) is 6.10 Å². The smallest absolute Gasteiger partial charge is 0.0804 e. The van der Waals surface area contributed by atoms with Crippen molar-refractivity contribution in [1.29, 1.82) is 0 Å². The Hall–Kier alpha value is -0.860. The molecule has 0 spiro atoms. The normalized spacial score (nSPS) is 13.1. The van der Waals surface area contributed by atoms with E-state index in [0.29, 0.717) is 0 Å². The quantitative estimate of drug-likeness (QED) is 0.720. The van der Waals surface area contributed by atoms with Crippen molar-refractivity contribution in [3.63, 3.8) is 0 Å². The SMILES string of the molecule is CCCCCCC(O)c1csc2ccccc12. The van der Waals surface area contributed by atoms with Crippen molar-refractivity contribution in [2.75, 3.05) is 0 Å². The highest BCUT2D eigenvalue weighted by Crippen LogP contribution is 2.32. The summed E-state index contributed by atoms with van der Waals surface area (Å²) in [5.74, 6) is 0. The first-order chi connectivity index (χ1) is 8.33. The third-order valence-corrected chi connectivity index (χ3v) is 4.18. The number of aliphatic hydroxyl groups is 1. The highest BCUT2D eigenvalue weighted by Gasteiger charge is 2.12. The summed E-state index contributed by atoms with van der Waals surface area (Å²) in [6.07, 6.45) is 5.48. The van der Waals surface area contributed by atoms with Crippen molar-refractivity contribution in [2.24, 2.45) is 0 Å². The summed E-state index contributed by atoms with van der Waals surface area (Å²) in [6, 6.07) is 8.32. The number of hydrogen-bond donors (Lipinski definition) is 1. The molecule has 1 atom stereocenters. The van der Waals surface area contributed by atoms with Gasteiger partial charge in [0.25, 0.3) is 0 Å². The summed E-state index contributed by atoms with van der Waals surface area (Å²) < 4.78 is 1.27. The molecule has 1 heterocycles. The van der Waals surface area contributed by atoms with Gasteiger partial charge in [-0.25, -0.2) is 0 Å². The summed E-state index contributed by atoms with van der Waals surface area (Å²) >= 11 is 1.73. The first kappa shape index (κ1) is 12.6. The van der Waals surface area contributed by atoms with Crippen LogP contribution in [0, 0.1) is 0 Å². The van der Waals surface area contributed by atoms with E-state index in [1.54, 1.807) is 11.3 Å². The average molecular weight is 248 g/mol. The first-order valence-electron chi connectivity index (χ1n) is 6.47. The molecule has 0 aliphatic heterocycles. The largest absolute Gasteiger partial charge is 0.388 e. The maximum atomic E-state index is 10.2. The average Bonchev–Trinajstić information content (AvgIpc) is 2.78. The molecule has 1 unspecified atom stereocenters. The van der Waals surface area contributed by atoms with Crippen molar-refractivity contribution < 1.29 is 5.11 Å². The molecule has 0 aliphatic carbocycles. The van der Waals surface area contributed by atoms with E-state index < -0.39 is 0 Å². The molecule has 0 saturated heterocycles. The Balaban J connectivity index is 2.01. The van der Waals surface area contributed by atoms with Gasteiger partial charge in [-0.3, -0.25) is 0 Å². The van der Waals surface area contributed by atoms with Gasteiger partial charge in [-0.1, -0.05) is 50.8 Å². The molecule has 1 aromatic carbocycles. The van der Waals surface area contributed by atoms with E-state index in [0.717, 1.165) is 18.4 Å². The van der Waals surface area contributed by atoms with Crippen LogP contribution in [0.4, 0.5) is 0 Å². The minimum absolute atomic E-state index is 0.289. The van der Waals surface area contributed by atoms with Gasteiger partial charge < -0.3 is 5.11 Å². The van der Waals surface area contributed by atoms with E-state index >= 15 is 0 Å². The van der Waals surface area contributed by atoms with E-state index in [1.165, 1.54) is 29.3 Å². The Morgan fingerprint density at radius 1 is 1.18 bits per heavy atom. The monoisotopic (exact) mass is 248 g/mol. The van der Waals surface area contributed by atoms with Crippen LogP contribution in [0.15, 0.2) is 29.6 Å². The van der Waals surface area contributed by atoms with Crippen molar-refractivity contribution in [3.8, 4) is 0 Å². The van der Waals surface area contributed by atoms with Gasteiger partial charge in [-0.05, 0) is 28.8 Å². The maximum Gasteiger partial charge on any atom is 0.0804 e. The number of aliphatic hydroxyl groups excluding tert-OH is 1. The Morgan fingerprint density at radius 2 is 2.00 bits per heavy atom. The summed E-state index contributed by atoms with van der Waals surface area (Å²) in [5, 5.41) is 13.5.